The van der Waals surface area contributed by atoms with E-state index in [1.54, 1.807) is 0 Å². The largest absolute Gasteiger partial charge is 0.309 e. The Kier molecular flexibility index (Phi) is 5.32. The summed E-state index contributed by atoms with van der Waals surface area (Å²) in [6.07, 6.45) is 0. The van der Waals surface area contributed by atoms with Crippen LogP contribution < -0.4 is 0 Å². The molecule has 0 aliphatic carbocycles. The van der Waals surface area contributed by atoms with E-state index in [1.165, 1.54) is 81.3 Å². The summed E-state index contributed by atoms with van der Waals surface area (Å²) in [5.41, 5.74) is 12.1. The van der Waals surface area contributed by atoms with Gasteiger partial charge in [0.05, 0.1) is 27.8 Å². The number of fused-ring (bicyclic) bond motifs is 10. The minimum absolute atomic E-state index is 1.15. The lowest BCUT2D eigenvalue weighted by molar-refractivity contribution is 1.03. The normalized spacial score (nSPS) is 12.5. The third-order valence-corrected chi connectivity index (χ3v) is 11.1. The number of rotatable bonds is 3. The molecule has 0 saturated carbocycles. The fourth-order valence-electron chi connectivity index (χ4n) is 8.01. The van der Waals surface area contributed by atoms with Crippen molar-refractivity contribution < 1.29 is 0 Å². The fraction of sp³-hybridized carbons (Fsp3) is 0. The van der Waals surface area contributed by atoms with Crippen LogP contribution in [-0.2, 0) is 0 Å². The van der Waals surface area contributed by atoms with Gasteiger partial charge in [0.1, 0.15) is 5.65 Å². The first-order chi connectivity index (χ1) is 23.8. The molecule has 48 heavy (non-hydrogen) atoms. The Morgan fingerprint density at radius 3 is 1.92 bits per heavy atom. The van der Waals surface area contributed by atoms with E-state index in [4.69, 9.17) is 0 Å². The molecule has 0 N–H and O–H groups in total. The molecule has 3 aromatic heterocycles. The van der Waals surface area contributed by atoms with E-state index in [1.807, 2.05) is 11.8 Å². The van der Waals surface area contributed by atoms with Gasteiger partial charge in [-0.15, -0.1) is 0 Å². The van der Waals surface area contributed by atoms with Crippen molar-refractivity contribution in [3.8, 4) is 28.2 Å². The monoisotopic (exact) mass is 629 g/mol. The molecule has 1 aliphatic heterocycles. The van der Waals surface area contributed by atoms with Crippen molar-refractivity contribution in [1.29, 1.82) is 0 Å². The molecule has 3 nitrogen and oxygen atoms in total. The van der Waals surface area contributed by atoms with Crippen LogP contribution in [0.4, 0.5) is 0 Å². The zero-order chi connectivity index (χ0) is 31.3. The average Bonchev–Trinajstić information content (AvgIpc) is 3.79. The minimum Gasteiger partial charge on any atom is -0.309 e. The lowest BCUT2D eigenvalue weighted by Crippen LogP contribution is -2.05. The van der Waals surface area contributed by atoms with Gasteiger partial charge in [0, 0.05) is 48.1 Å². The first kappa shape index (κ1) is 26.1. The van der Waals surface area contributed by atoms with Gasteiger partial charge in [0.25, 0.3) is 0 Å². The first-order valence-corrected chi connectivity index (χ1v) is 17.2. The van der Waals surface area contributed by atoms with Gasteiger partial charge in [-0.1, -0.05) is 109 Å². The Balaban J connectivity index is 1.28. The number of aromatic nitrogens is 3. The maximum absolute atomic E-state index is 2.51. The van der Waals surface area contributed by atoms with Crippen molar-refractivity contribution in [3.63, 3.8) is 0 Å². The Bertz CT molecular complexity index is 2910. The smallest absolute Gasteiger partial charge is 0.131 e. The summed E-state index contributed by atoms with van der Waals surface area (Å²) in [6.45, 7) is 0. The van der Waals surface area contributed by atoms with Crippen molar-refractivity contribution >= 4 is 66.4 Å². The zero-order valence-corrected chi connectivity index (χ0v) is 26.7. The third kappa shape index (κ3) is 3.50. The second kappa shape index (κ2) is 9.77. The maximum atomic E-state index is 2.51. The van der Waals surface area contributed by atoms with E-state index < -0.39 is 0 Å². The van der Waals surface area contributed by atoms with Crippen LogP contribution in [0.25, 0.3) is 82.8 Å². The van der Waals surface area contributed by atoms with E-state index in [-0.39, 0.29) is 0 Å². The highest BCUT2D eigenvalue weighted by Crippen LogP contribution is 2.49. The lowest BCUT2D eigenvalue weighted by Gasteiger charge is -2.21. The molecule has 0 radical (unpaired) electrons. The predicted octanol–water partition coefficient (Wildman–Crippen LogP) is 12.0. The van der Waals surface area contributed by atoms with Gasteiger partial charge in [0.2, 0.25) is 0 Å². The van der Waals surface area contributed by atoms with E-state index in [9.17, 15) is 0 Å². The standard InChI is InChI=1S/C44H27N3S/c1-3-12-28(13-4-1)29-22-24-37-34(26-29)35-27-31(23-25-38(35)45(37)30-14-5-2-6-15-30)46-36-18-8-7-16-32(36)42-33-17-11-21-41-43(33)47(44(42)46)39-19-9-10-20-40(39)48-41/h1-27H. The number of hydrogen-bond donors (Lipinski definition) is 0. The number of para-hydroxylation sites is 4. The molecule has 10 aromatic rings. The van der Waals surface area contributed by atoms with Crippen LogP contribution in [0.2, 0.25) is 0 Å². The quantitative estimate of drug-likeness (QED) is 0.190. The first-order valence-electron chi connectivity index (χ1n) is 16.4. The number of hydrogen-bond acceptors (Lipinski definition) is 1. The summed E-state index contributed by atoms with van der Waals surface area (Å²) < 4.78 is 7.41. The molecule has 0 fully saturated rings. The second-order valence-electron chi connectivity index (χ2n) is 12.6. The summed E-state index contributed by atoms with van der Waals surface area (Å²) in [5, 5.41) is 6.36. The Hall–Kier alpha value is -5.97. The van der Waals surface area contributed by atoms with Crippen LogP contribution in [0.1, 0.15) is 0 Å². The molecule has 0 atom stereocenters. The van der Waals surface area contributed by atoms with Crippen molar-refractivity contribution in [2.75, 3.05) is 0 Å². The molecule has 0 bridgehead atoms. The molecule has 0 amide bonds. The van der Waals surface area contributed by atoms with Crippen molar-refractivity contribution in [3.05, 3.63) is 164 Å². The molecule has 4 heteroatoms. The summed E-state index contributed by atoms with van der Waals surface area (Å²) in [6, 6.07) is 59.8. The summed E-state index contributed by atoms with van der Waals surface area (Å²) in [5.74, 6) is 0. The van der Waals surface area contributed by atoms with Crippen LogP contribution in [0, 0.1) is 0 Å². The minimum atomic E-state index is 1.15. The summed E-state index contributed by atoms with van der Waals surface area (Å²) >= 11 is 1.87. The molecule has 7 aromatic carbocycles. The highest BCUT2D eigenvalue weighted by molar-refractivity contribution is 7.99. The van der Waals surface area contributed by atoms with Crippen LogP contribution in [-0.4, -0.2) is 13.7 Å². The van der Waals surface area contributed by atoms with Crippen molar-refractivity contribution in [1.82, 2.24) is 13.7 Å². The van der Waals surface area contributed by atoms with E-state index in [0.29, 0.717) is 0 Å². The number of nitrogens with zero attached hydrogens (tertiary/aromatic N) is 3. The van der Waals surface area contributed by atoms with Gasteiger partial charge < -0.3 is 4.57 Å². The molecular formula is C44H27N3S. The Labute approximate surface area is 280 Å². The molecular weight excluding hydrogens is 603 g/mol. The predicted molar refractivity (Wildman–Crippen MR) is 202 cm³/mol. The summed E-state index contributed by atoms with van der Waals surface area (Å²) in [7, 11) is 0. The van der Waals surface area contributed by atoms with E-state index in [2.05, 4.69) is 177 Å². The van der Waals surface area contributed by atoms with E-state index in [0.717, 1.165) is 11.4 Å². The topological polar surface area (TPSA) is 14.8 Å². The SMILES string of the molecule is c1ccc(-c2ccc3c(c2)c2cc(-n4c5ccccc5c5c6cccc7c6n(c54)-c4ccccc4S7)ccc2n3-c2ccccc2)cc1. The van der Waals surface area contributed by atoms with Crippen molar-refractivity contribution in [2.45, 2.75) is 9.79 Å². The van der Waals surface area contributed by atoms with Gasteiger partial charge in [-0.25, -0.2) is 0 Å². The molecule has 1 aliphatic rings. The van der Waals surface area contributed by atoms with Crippen LogP contribution in [0.15, 0.2) is 174 Å². The highest BCUT2D eigenvalue weighted by Gasteiger charge is 2.28. The third-order valence-electron chi connectivity index (χ3n) is 10.0. The molecule has 0 saturated heterocycles. The van der Waals surface area contributed by atoms with Gasteiger partial charge >= 0.3 is 0 Å². The zero-order valence-electron chi connectivity index (χ0n) is 25.8. The van der Waals surface area contributed by atoms with Crippen LogP contribution in [0.3, 0.4) is 0 Å². The van der Waals surface area contributed by atoms with Crippen LogP contribution in [0.5, 0.6) is 0 Å². The fourth-order valence-corrected chi connectivity index (χ4v) is 9.10. The molecule has 224 valence electrons. The average molecular weight is 630 g/mol. The lowest BCUT2D eigenvalue weighted by atomic mass is 10.0. The van der Waals surface area contributed by atoms with E-state index >= 15 is 0 Å². The van der Waals surface area contributed by atoms with Crippen molar-refractivity contribution in [2.24, 2.45) is 0 Å². The second-order valence-corrected chi connectivity index (χ2v) is 13.7. The highest BCUT2D eigenvalue weighted by atomic mass is 32.2. The molecule has 4 heterocycles. The van der Waals surface area contributed by atoms with Gasteiger partial charge in [0.15, 0.2) is 0 Å². The molecule has 11 rings (SSSR count). The summed E-state index contributed by atoms with van der Waals surface area (Å²) in [4.78, 5) is 2.58. The Morgan fingerprint density at radius 1 is 0.375 bits per heavy atom. The Morgan fingerprint density at radius 2 is 1.04 bits per heavy atom. The van der Waals surface area contributed by atoms with Gasteiger partial charge in [-0.05, 0) is 77.9 Å². The van der Waals surface area contributed by atoms with Gasteiger partial charge in [-0.2, -0.15) is 0 Å². The van der Waals surface area contributed by atoms with Crippen LogP contribution >= 0.6 is 11.8 Å². The van der Waals surface area contributed by atoms with Gasteiger partial charge in [-0.3, -0.25) is 9.13 Å². The molecule has 0 spiro atoms. The maximum Gasteiger partial charge on any atom is 0.131 e. The molecule has 0 unspecified atom stereocenters. The number of benzene rings is 7.